The first-order chi connectivity index (χ1) is 12.7. The third-order valence-electron chi connectivity index (χ3n) is 4.20. The second kappa shape index (κ2) is 6.66. The van der Waals surface area contributed by atoms with Gasteiger partial charge in [0.05, 0.1) is 12.1 Å². The van der Waals surface area contributed by atoms with Gasteiger partial charge in [0.2, 0.25) is 0 Å². The maximum atomic E-state index is 13.3. The Morgan fingerprint density at radius 1 is 1.15 bits per heavy atom. The van der Waals surface area contributed by atoms with Gasteiger partial charge in [0.1, 0.15) is 18.1 Å². The summed E-state index contributed by atoms with van der Waals surface area (Å²) in [5.74, 6) is -0.269. The Hall–Kier alpha value is -3.10. The second-order valence-corrected chi connectivity index (χ2v) is 5.81. The molecular weight excluding hydrogens is 337 g/mol. The molecule has 0 saturated carbocycles. The van der Waals surface area contributed by atoms with Crippen molar-refractivity contribution in [3.8, 4) is 22.4 Å². The third-order valence-corrected chi connectivity index (χ3v) is 4.20. The van der Waals surface area contributed by atoms with Crippen molar-refractivity contribution < 1.29 is 14.3 Å². The number of aromatic nitrogens is 3. The van der Waals surface area contributed by atoms with Gasteiger partial charge in [0, 0.05) is 24.5 Å². The molecular formula is C18H16FN5O2. The summed E-state index contributed by atoms with van der Waals surface area (Å²) in [5.41, 5.74) is 5.90. The number of nitrogens with zero attached hydrogens (tertiary/aromatic N) is 4. The maximum Gasteiger partial charge on any atom is 0.268 e. The van der Waals surface area contributed by atoms with Gasteiger partial charge in [0.15, 0.2) is 5.82 Å². The number of rotatable bonds is 3. The number of carbonyl (C=O) groups is 1. The molecule has 0 unspecified atom stereocenters. The van der Waals surface area contributed by atoms with Crippen LogP contribution >= 0.6 is 0 Å². The van der Waals surface area contributed by atoms with Crippen LogP contribution in [0.4, 0.5) is 10.2 Å². The second-order valence-electron chi connectivity index (χ2n) is 5.81. The molecule has 1 aromatic carbocycles. The number of hydrazine groups is 1. The molecule has 0 bridgehead atoms. The van der Waals surface area contributed by atoms with E-state index in [-0.39, 0.29) is 5.82 Å². The predicted octanol–water partition coefficient (Wildman–Crippen LogP) is 1.59. The molecule has 2 aromatic heterocycles. The zero-order valence-electron chi connectivity index (χ0n) is 13.8. The molecule has 0 atom stereocenters. The largest absolute Gasteiger partial charge is 0.386 e. The van der Waals surface area contributed by atoms with E-state index in [1.807, 2.05) is 12.1 Å². The van der Waals surface area contributed by atoms with Crippen LogP contribution in [-0.4, -0.2) is 38.9 Å². The number of aliphatic hydroxyl groups excluding tert-OH is 1. The highest BCUT2D eigenvalue weighted by Gasteiger charge is 2.30. The van der Waals surface area contributed by atoms with E-state index in [1.165, 1.54) is 17.1 Å². The number of amides is 1. The quantitative estimate of drug-likeness (QED) is 0.747. The van der Waals surface area contributed by atoms with E-state index in [0.29, 0.717) is 30.2 Å². The van der Waals surface area contributed by atoms with Crippen LogP contribution in [0.2, 0.25) is 0 Å². The fraction of sp³-hybridized carbons (Fsp3) is 0.167. The van der Waals surface area contributed by atoms with Crippen molar-refractivity contribution in [2.75, 3.05) is 18.2 Å². The molecule has 2 N–H and O–H groups in total. The molecule has 1 aliphatic heterocycles. The first kappa shape index (κ1) is 16.4. The van der Waals surface area contributed by atoms with Crippen LogP contribution in [0, 0.1) is 5.82 Å². The number of fused-ring (bicyclic) bond motifs is 1. The summed E-state index contributed by atoms with van der Waals surface area (Å²) in [6.45, 7) is 0.433. The lowest BCUT2D eigenvalue weighted by molar-refractivity contribution is -0.122. The van der Waals surface area contributed by atoms with Gasteiger partial charge in [-0.15, -0.1) is 0 Å². The molecule has 0 radical (unpaired) electrons. The van der Waals surface area contributed by atoms with Crippen molar-refractivity contribution in [2.45, 2.75) is 6.54 Å². The number of hydrogen-bond acceptors (Lipinski definition) is 5. The summed E-state index contributed by atoms with van der Waals surface area (Å²) in [7, 11) is 0. The van der Waals surface area contributed by atoms with Crippen molar-refractivity contribution in [2.24, 2.45) is 0 Å². The standard InChI is InChI=1S/C18H16FN5O2/c19-14-3-1-13(2-4-14)17-16(12-5-7-20-8-6-12)18-23(22-17)10-9-21-24(18)15(26)11-25/h1-8,21,25H,9-11H2. The lowest BCUT2D eigenvalue weighted by atomic mass is 10.0. The van der Waals surface area contributed by atoms with Crippen molar-refractivity contribution in [1.82, 2.24) is 20.2 Å². The van der Waals surface area contributed by atoms with Gasteiger partial charge >= 0.3 is 0 Å². The third kappa shape index (κ3) is 2.75. The SMILES string of the molecule is O=C(CO)N1NCCn2nc(-c3ccc(F)cc3)c(-c3ccncc3)c21. The van der Waals surface area contributed by atoms with Gasteiger partial charge in [0.25, 0.3) is 5.91 Å². The Balaban J connectivity index is 1.97. The molecule has 0 fully saturated rings. The van der Waals surface area contributed by atoms with Crippen molar-refractivity contribution in [3.63, 3.8) is 0 Å². The van der Waals surface area contributed by atoms with Crippen LogP contribution in [0.5, 0.6) is 0 Å². The van der Waals surface area contributed by atoms with E-state index in [2.05, 4.69) is 15.5 Å². The number of anilines is 1. The van der Waals surface area contributed by atoms with Gasteiger partial charge in [-0.1, -0.05) is 0 Å². The number of nitrogens with one attached hydrogen (secondary N) is 1. The molecule has 0 aliphatic carbocycles. The smallest absolute Gasteiger partial charge is 0.268 e. The van der Waals surface area contributed by atoms with Crippen LogP contribution in [0.1, 0.15) is 0 Å². The van der Waals surface area contributed by atoms with E-state index in [9.17, 15) is 14.3 Å². The molecule has 0 spiro atoms. The van der Waals surface area contributed by atoms with Crippen LogP contribution in [-0.2, 0) is 11.3 Å². The molecule has 1 amide bonds. The van der Waals surface area contributed by atoms with Crippen LogP contribution in [0.15, 0.2) is 48.8 Å². The summed E-state index contributed by atoms with van der Waals surface area (Å²) in [4.78, 5) is 16.3. The highest BCUT2D eigenvalue weighted by Crippen LogP contribution is 2.39. The number of pyridine rings is 1. The summed E-state index contributed by atoms with van der Waals surface area (Å²) >= 11 is 0. The summed E-state index contributed by atoms with van der Waals surface area (Å²) in [6, 6.07) is 9.69. The zero-order chi connectivity index (χ0) is 18.1. The van der Waals surface area contributed by atoms with E-state index in [1.54, 1.807) is 29.2 Å². The zero-order valence-corrected chi connectivity index (χ0v) is 13.8. The lowest BCUT2D eigenvalue weighted by Crippen LogP contribution is -2.50. The van der Waals surface area contributed by atoms with Gasteiger partial charge in [-0.25, -0.2) is 19.5 Å². The summed E-state index contributed by atoms with van der Waals surface area (Å²) in [5, 5.41) is 15.3. The van der Waals surface area contributed by atoms with E-state index in [0.717, 1.165) is 11.1 Å². The molecule has 3 heterocycles. The highest BCUT2D eigenvalue weighted by molar-refractivity contribution is 6.00. The Morgan fingerprint density at radius 3 is 2.58 bits per heavy atom. The minimum atomic E-state index is -0.625. The Bertz CT molecular complexity index is 940. The number of benzene rings is 1. The molecule has 0 saturated heterocycles. The molecule has 8 heteroatoms. The average molecular weight is 353 g/mol. The van der Waals surface area contributed by atoms with Crippen molar-refractivity contribution in [3.05, 3.63) is 54.6 Å². The molecule has 4 rings (SSSR count). The molecule has 132 valence electrons. The van der Waals surface area contributed by atoms with Crippen LogP contribution in [0.25, 0.3) is 22.4 Å². The topological polar surface area (TPSA) is 83.3 Å². The normalized spacial score (nSPS) is 13.5. The molecule has 3 aromatic rings. The highest BCUT2D eigenvalue weighted by atomic mass is 19.1. The average Bonchev–Trinajstić information content (AvgIpc) is 3.08. The molecule has 1 aliphatic rings. The lowest BCUT2D eigenvalue weighted by Gasteiger charge is -2.29. The number of carbonyl (C=O) groups excluding carboxylic acids is 1. The predicted molar refractivity (Wildman–Crippen MR) is 93.4 cm³/mol. The van der Waals surface area contributed by atoms with Gasteiger partial charge < -0.3 is 5.11 Å². The fourth-order valence-electron chi connectivity index (χ4n) is 3.05. The molecule has 7 nitrogen and oxygen atoms in total. The Morgan fingerprint density at radius 2 is 1.88 bits per heavy atom. The fourth-order valence-corrected chi connectivity index (χ4v) is 3.05. The minimum Gasteiger partial charge on any atom is -0.386 e. The number of halogens is 1. The Labute approximate surface area is 148 Å². The van der Waals surface area contributed by atoms with Gasteiger partial charge in [-0.05, 0) is 42.0 Å². The van der Waals surface area contributed by atoms with Gasteiger partial charge in [-0.3, -0.25) is 9.78 Å². The van der Waals surface area contributed by atoms with Crippen LogP contribution < -0.4 is 10.4 Å². The number of hydrogen-bond donors (Lipinski definition) is 2. The van der Waals surface area contributed by atoms with Gasteiger partial charge in [-0.2, -0.15) is 5.10 Å². The van der Waals surface area contributed by atoms with E-state index >= 15 is 0 Å². The first-order valence-corrected chi connectivity index (χ1v) is 8.13. The minimum absolute atomic E-state index is 0.332. The maximum absolute atomic E-state index is 13.3. The van der Waals surface area contributed by atoms with Crippen molar-refractivity contribution in [1.29, 1.82) is 0 Å². The Kier molecular flexibility index (Phi) is 4.19. The van der Waals surface area contributed by atoms with E-state index < -0.39 is 12.5 Å². The summed E-state index contributed by atoms with van der Waals surface area (Å²) in [6.07, 6.45) is 3.31. The monoisotopic (exact) mass is 353 g/mol. The first-order valence-electron chi connectivity index (χ1n) is 8.13. The van der Waals surface area contributed by atoms with Crippen molar-refractivity contribution >= 4 is 11.7 Å². The van der Waals surface area contributed by atoms with E-state index in [4.69, 9.17) is 0 Å². The van der Waals surface area contributed by atoms with Crippen LogP contribution in [0.3, 0.4) is 0 Å². The summed E-state index contributed by atoms with van der Waals surface area (Å²) < 4.78 is 15.1. The molecule has 26 heavy (non-hydrogen) atoms. The number of aliphatic hydroxyl groups is 1.